The Morgan fingerprint density at radius 2 is 2.12 bits per heavy atom. The van der Waals surface area contributed by atoms with E-state index in [4.69, 9.17) is 0 Å². The van der Waals surface area contributed by atoms with E-state index >= 15 is 0 Å². The topological polar surface area (TPSA) is 55.4 Å². The first-order chi connectivity index (χ1) is 7.65. The smallest absolute Gasteiger partial charge is 0.328 e. The van der Waals surface area contributed by atoms with Crippen LogP contribution in [0.1, 0.15) is 39.0 Å². The number of unbranched alkanes of at least 4 members (excludes halogenated alkanes) is 2. The van der Waals surface area contributed by atoms with Crippen LogP contribution in [0.25, 0.3) is 0 Å². The molecule has 1 N–H and O–H groups in total. The molecular weight excluding hydrogens is 206 g/mol. The molecule has 0 heterocycles. The van der Waals surface area contributed by atoms with Crippen LogP contribution in [0.4, 0.5) is 0 Å². The van der Waals surface area contributed by atoms with Crippen molar-refractivity contribution < 1.29 is 14.3 Å². The Morgan fingerprint density at radius 1 is 1.44 bits per heavy atom. The van der Waals surface area contributed by atoms with Gasteiger partial charge in [-0.25, -0.2) is 4.79 Å². The lowest BCUT2D eigenvalue weighted by atomic mass is 10.1. The van der Waals surface area contributed by atoms with Crippen LogP contribution < -0.4 is 5.32 Å². The zero-order chi connectivity index (χ0) is 12.4. The minimum Gasteiger partial charge on any atom is -0.467 e. The molecule has 1 amide bonds. The van der Waals surface area contributed by atoms with Crippen molar-refractivity contribution in [2.45, 2.75) is 45.1 Å². The summed E-state index contributed by atoms with van der Waals surface area (Å²) in [6.45, 7) is 5.62. The van der Waals surface area contributed by atoms with Gasteiger partial charge in [0, 0.05) is 6.42 Å². The highest BCUT2D eigenvalue weighted by Gasteiger charge is 2.19. The van der Waals surface area contributed by atoms with Crippen molar-refractivity contribution >= 4 is 11.9 Å². The van der Waals surface area contributed by atoms with Crippen molar-refractivity contribution in [2.24, 2.45) is 0 Å². The lowest BCUT2D eigenvalue weighted by molar-refractivity contribution is -0.145. The third-order valence-electron chi connectivity index (χ3n) is 2.23. The number of rotatable bonds is 8. The first-order valence-corrected chi connectivity index (χ1v) is 5.63. The molecule has 0 aromatic carbocycles. The Labute approximate surface area is 97.1 Å². The van der Waals surface area contributed by atoms with E-state index < -0.39 is 12.0 Å². The number of nitrogens with one attached hydrogen (secondary N) is 1. The second-order valence-corrected chi connectivity index (χ2v) is 3.62. The highest BCUT2D eigenvalue weighted by atomic mass is 16.5. The summed E-state index contributed by atoms with van der Waals surface area (Å²) in [7, 11) is 1.31. The number of methoxy groups -OCH3 is 1. The summed E-state index contributed by atoms with van der Waals surface area (Å²) in [5, 5.41) is 2.64. The molecule has 0 spiro atoms. The molecule has 0 aromatic rings. The lowest BCUT2D eigenvalue weighted by Gasteiger charge is -2.14. The van der Waals surface area contributed by atoms with Crippen LogP contribution in [0, 0.1) is 0 Å². The van der Waals surface area contributed by atoms with Crippen LogP contribution >= 0.6 is 0 Å². The zero-order valence-corrected chi connectivity index (χ0v) is 10.1. The third-order valence-corrected chi connectivity index (χ3v) is 2.23. The SMILES string of the molecule is C=CC[C@H](NC(=O)CCCCC)C(=O)OC. The summed E-state index contributed by atoms with van der Waals surface area (Å²) in [6, 6.07) is -0.600. The number of esters is 1. The van der Waals surface area contributed by atoms with Crippen molar-refractivity contribution in [2.75, 3.05) is 7.11 Å². The number of ether oxygens (including phenoxy) is 1. The summed E-state index contributed by atoms with van der Waals surface area (Å²) in [5.74, 6) is -0.533. The molecular formula is C12H21NO3. The molecule has 92 valence electrons. The maximum Gasteiger partial charge on any atom is 0.328 e. The average Bonchev–Trinajstić information content (AvgIpc) is 2.28. The molecule has 0 aliphatic carbocycles. The summed E-state index contributed by atoms with van der Waals surface area (Å²) < 4.78 is 4.59. The molecule has 4 nitrogen and oxygen atoms in total. The van der Waals surface area contributed by atoms with E-state index in [1.165, 1.54) is 7.11 Å². The van der Waals surface area contributed by atoms with Gasteiger partial charge >= 0.3 is 5.97 Å². The Morgan fingerprint density at radius 3 is 2.62 bits per heavy atom. The largest absolute Gasteiger partial charge is 0.467 e. The first kappa shape index (κ1) is 14.7. The van der Waals surface area contributed by atoms with Crippen LogP contribution in [0.5, 0.6) is 0 Å². The molecule has 0 unspecified atom stereocenters. The highest BCUT2D eigenvalue weighted by molar-refractivity contribution is 5.84. The van der Waals surface area contributed by atoms with Gasteiger partial charge in [0.25, 0.3) is 0 Å². The summed E-state index contributed by atoms with van der Waals surface area (Å²) in [6.07, 6.45) is 5.39. The molecule has 4 heteroatoms. The van der Waals surface area contributed by atoms with Crippen molar-refractivity contribution in [3.63, 3.8) is 0 Å². The maximum atomic E-state index is 11.5. The van der Waals surface area contributed by atoms with E-state index in [9.17, 15) is 9.59 Å². The number of hydrogen-bond acceptors (Lipinski definition) is 3. The van der Waals surface area contributed by atoms with Gasteiger partial charge in [0.1, 0.15) is 6.04 Å². The second kappa shape index (κ2) is 8.95. The fraction of sp³-hybridized carbons (Fsp3) is 0.667. The van der Waals surface area contributed by atoms with Gasteiger partial charge in [-0.05, 0) is 12.8 Å². The minimum atomic E-state index is -0.600. The Balaban J connectivity index is 4.02. The second-order valence-electron chi connectivity index (χ2n) is 3.62. The standard InChI is InChI=1S/C12H21NO3/c1-4-6-7-9-11(14)13-10(8-5-2)12(15)16-3/h5,10H,2,4,6-9H2,1,3H3,(H,13,14)/t10-/m0/s1. The monoisotopic (exact) mass is 227 g/mol. The van der Waals surface area contributed by atoms with Gasteiger partial charge < -0.3 is 10.1 Å². The minimum absolute atomic E-state index is 0.106. The van der Waals surface area contributed by atoms with Crippen LogP contribution in [0.2, 0.25) is 0 Å². The molecule has 0 aliphatic rings. The quantitative estimate of drug-likeness (QED) is 0.391. The third kappa shape index (κ3) is 6.22. The van der Waals surface area contributed by atoms with Gasteiger partial charge in [0.05, 0.1) is 7.11 Å². The molecule has 0 radical (unpaired) electrons. The molecule has 0 aliphatic heterocycles. The summed E-state index contributed by atoms with van der Waals surface area (Å²) >= 11 is 0. The van der Waals surface area contributed by atoms with E-state index in [2.05, 4.69) is 23.6 Å². The first-order valence-electron chi connectivity index (χ1n) is 5.63. The van der Waals surface area contributed by atoms with Gasteiger partial charge in [0.15, 0.2) is 0 Å². The molecule has 0 bridgehead atoms. The molecule has 0 saturated carbocycles. The number of carbonyl (C=O) groups excluding carboxylic acids is 2. The van der Waals surface area contributed by atoms with E-state index in [1.54, 1.807) is 6.08 Å². The number of amides is 1. The van der Waals surface area contributed by atoms with Crippen LogP contribution in [0.15, 0.2) is 12.7 Å². The fourth-order valence-electron chi connectivity index (χ4n) is 1.33. The van der Waals surface area contributed by atoms with E-state index in [-0.39, 0.29) is 5.91 Å². The number of hydrogen-bond donors (Lipinski definition) is 1. The van der Waals surface area contributed by atoms with Gasteiger partial charge in [-0.3, -0.25) is 4.79 Å². The molecule has 0 fully saturated rings. The van der Waals surface area contributed by atoms with Gasteiger partial charge in [-0.2, -0.15) is 0 Å². The van der Waals surface area contributed by atoms with Crippen LogP contribution in [-0.4, -0.2) is 25.0 Å². The van der Waals surface area contributed by atoms with Crippen molar-refractivity contribution in [1.82, 2.24) is 5.32 Å². The predicted octanol–water partition coefficient (Wildman–Crippen LogP) is 1.80. The van der Waals surface area contributed by atoms with Crippen molar-refractivity contribution in [1.29, 1.82) is 0 Å². The van der Waals surface area contributed by atoms with Crippen molar-refractivity contribution in [3.8, 4) is 0 Å². The number of carbonyl (C=O) groups is 2. The average molecular weight is 227 g/mol. The fourth-order valence-corrected chi connectivity index (χ4v) is 1.33. The van der Waals surface area contributed by atoms with E-state index in [0.29, 0.717) is 12.8 Å². The molecule has 0 aromatic heterocycles. The van der Waals surface area contributed by atoms with Crippen molar-refractivity contribution in [3.05, 3.63) is 12.7 Å². The Kier molecular flexibility index (Phi) is 8.21. The zero-order valence-electron chi connectivity index (χ0n) is 10.1. The normalized spacial score (nSPS) is 11.6. The van der Waals surface area contributed by atoms with Gasteiger partial charge in [-0.1, -0.05) is 25.8 Å². The Bertz CT molecular complexity index is 238. The lowest BCUT2D eigenvalue weighted by Crippen LogP contribution is -2.41. The van der Waals surface area contributed by atoms with Gasteiger partial charge in [-0.15, -0.1) is 6.58 Å². The Hall–Kier alpha value is -1.32. The molecule has 0 rings (SSSR count). The van der Waals surface area contributed by atoms with Crippen LogP contribution in [0.3, 0.4) is 0 Å². The van der Waals surface area contributed by atoms with Gasteiger partial charge in [0.2, 0.25) is 5.91 Å². The van der Waals surface area contributed by atoms with E-state index in [0.717, 1.165) is 19.3 Å². The summed E-state index contributed by atoms with van der Waals surface area (Å²) in [5.41, 5.74) is 0. The summed E-state index contributed by atoms with van der Waals surface area (Å²) in [4.78, 5) is 22.8. The highest BCUT2D eigenvalue weighted by Crippen LogP contribution is 2.01. The maximum absolute atomic E-state index is 11.5. The van der Waals surface area contributed by atoms with Crippen LogP contribution in [-0.2, 0) is 14.3 Å². The predicted molar refractivity (Wildman–Crippen MR) is 62.9 cm³/mol. The molecule has 16 heavy (non-hydrogen) atoms. The molecule has 0 saturated heterocycles. The van der Waals surface area contributed by atoms with E-state index in [1.807, 2.05) is 0 Å². The molecule has 1 atom stereocenters.